The van der Waals surface area contributed by atoms with E-state index in [1.54, 1.807) is 12.3 Å². The van der Waals surface area contributed by atoms with Gasteiger partial charge in [0.05, 0.1) is 11.7 Å². The topological polar surface area (TPSA) is 54.5 Å². The fourth-order valence-corrected chi connectivity index (χ4v) is 3.02. The lowest BCUT2D eigenvalue weighted by Crippen LogP contribution is -2.39. The predicted molar refractivity (Wildman–Crippen MR) is 92.2 cm³/mol. The number of aromatic nitrogens is 1. The number of hydrogen-bond acceptors (Lipinski definition) is 4. The molecule has 2 rings (SSSR count). The van der Waals surface area contributed by atoms with Crippen molar-refractivity contribution >= 4 is 17.5 Å². The number of nitrogens with zero attached hydrogens (tertiary/aromatic N) is 2. The number of halogens is 1. The predicted octanol–water partition coefficient (Wildman–Crippen LogP) is 2.98. The van der Waals surface area contributed by atoms with Crippen molar-refractivity contribution in [1.29, 1.82) is 0 Å². The van der Waals surface area contributed by atoms with E-state index < -0.39 is 0 Å². The van der Waals surface area contributed by atoms with Gasteiger partial charge in [-0.3, -0.25) is 4.79 Å². The number of nitrogens with one attached hydrogen (secondary N) is 1. The summed E-state index contributed by atoms with van der Waals surface area (Å²) in [6, 6.07) is 1.65. The van der Waals surface area contributed by atoms with Gasteiger partial charge in [-0.25, -0.2) is 4.98 Å². The molecule has 1 saturated heterocycles. The fourth-order valence-electron chi connectivity index (χ4n) is 2.81. The molecule has 0 radical (unpaired) electrons. The number of piperidine rings is 1. The monoisotopic (exact) mass is 339 g/mol. The summed E-state index contributed by atoms with van der Waals surface area (Å²) in [7, 11) is 1.97. The van der Waals surface area contributed by atoms with Gasteiger partial charge in [0, 0.05) is 19.3 Å². The van der Waals surface area contributed by atoms with E-state index in [9.17, 15) is 4.79 Å². The van der Waals surface area contributed by atoms with Crippen molar-refractivity contribution in [2.45, 2.75) is 39.2 Å². The van der Waals surface area contributed by atoms with Crippen LogP contribution in [-0.4, -0.2) is 48.6 Å². The van der Waals surface area contributed by atoms with Gasteiger partial charge < -0.3 is 15.0 Å². The molecule has 23 heavy (non-hydrogen) atoms. The number of carbonyl (C=O) groups is 1. The maximum Gasteiger partial charge on any atom is 0.255 e. The van der Waals surface area contributed by atoms with Crippen molar-refractivity contribution in [2.75, 3.05) is 26.7 Å². The lowest BCUT2D eigenvalue weighted by molar-refractivity contribution is 0.0686. The highest BCUT2D eigenvalue weighted by molar-refractivity contribution is 6.32. The van der Waals surface area contributed by atoms with Crippen molar-refractivity contribution in [3.05, 3.63) is 22.8 Å². The smallest absolute Gasteiger partial charge is 0.255 e. The molecule has 1 aliphatic heterocycles. The van der Waals surface area contributed by atoms with Crippen LogP contribution in [0.25, 0.3) is 0 Å². The summed E-state index contributed by atoms with van der Waals surface area (Å²) >= 11 is 6.17. The van der Waals surface area contributed by atoms with Crippen LogP contribution >= 0.6 is 11.6 Å². The zero-order valence-corrected chi connectivity index (χ0v) is 14.9. The van der Waals surface area contributed by atoms with E-state index in [1.807, 2.05) is 25.8 Å². The molecule has 0 aromatic carbocycles. The van der Waals surface area contributed by atoms with Gasteiger partial charge in [-0.1, -0.05) is 11.6 Å². The summed E-state index contributed by atoms with van der Waals surface area (Å²) in [5.74, 6) is 1.08. The van der Waals surface area contributed by atoms with Crippen molar-refractivity contribution in [2.24, 2.45) is 5.92 Å². The first-order valence-electron chi connectivity index (χ1n) is 8.27. The molecule has 2 heterocycles. The van der Waals surface area contributed by atoms with Gasteiger partial charge in [0.1, 0.15) is 5.02 Å². The molecule has 1 aliphatic rings. The normalized spacial score (nSPS) is 16.0. The van der Waals surface area contributed by atoms with E-state index in [4.69, 9.17) is 16.3 Å². The van der Waals surface area contributed by atoms with Gasteiger partial charge >= 0.3 is 0 Å². The molecule has 0 bridgehead atoms. The minimum Gasteiger partial charge on any atom is -0.474 e. The van der Waals surface area contributed by atoms with Crippen LogP contribution in [0.15, 0.2) is 12.3 Å². The summed E-state index contributed by atoms with van der Waals surface area (Å²) in [5.41, 5.74) is 0.528. The number of likely N-dealkylation sites (tertiary alicyclic amines) is 1. The van der Waals surface area contributed by atoms with Gasteiger partial charge in [0.2, 0.25) is 5.88 Å². The van der Waals surface area contributed by atoms with Gasteiger partial charge in [0.15, 0.2) is 0 Å². The quantitative estimate of drug-likeness (QED) is 0.865. The Morgan fingerprint density at radius 1 is 1.48 bits per heavy atom. The van der Waals surface area contributed by atoms with E-state index >= 15 is 0 Å². The molecule has 1 N–H and O–H groups in total. The van der Waals surface area contributed by atoms with Crippen molar-refractivity contribution < 1.29 is 9.53 Å². The van der Waals surface area contributed by atoms with Crippen LogP contribution in [0.1, 0.15) is 43.5 Å². The molecule has 0 aliphatic carbocycles. The summed E-state index contributed by atoms with van der Waals surface area (Å²) in [6.45, 7) is 6.46. The number of rotatable bonds is 6. The Hall–Kier alpha value is -1.33. The minimum atomic E-state index is -0.00168. The summed E-state index contributed by atoms with van der Waals surface area (Å²) in [4.78, 5) is 18.7. The second-order valence-electron chi connectivity index (χ2n) is 6.31. The van der Waals surface area contributed by atoms with E-state index in [0.717, 1.165) is 32.5 Å². The van der Waals surface area contributed by atoms with Crippen LogP contribution in [0.4, 0.5) is 0 Å². The Morgan fingerprint density at radius 2 is 2.17 bits per heavy atom. The average Bonchev–Trinajstić information content (AvgIpc) is 2.54. The number of pyridine rings is 1. The second-order valence-corrected chi connectivity index (χ2v) is 6.71. The van der Waals surface area contributed by atoms with Crippen molar-refractivity contribution in [3.63, 3.8) is 0 Å². The fraction of sp³-hybridized carbons (Fsp3) is 0.647. The van der Waals surface area contributed by atoms with E-state index in [-0.39, 0.29) is 12.0 Å². The van der Waals surface area contributed by atoms with Crippen LogP contribution in [0.5, 0.6) is 5.88 Å². The minimum absolute atomic E-state index is 0.00168. The number of hydrogen-bond donors (Lipinski definition) is 1. The zero-order chi connectivity index (χ0) is 16.8. The van der Waals surface area contributed by atoms with Crippen LogP contribution in [0, 0.1) is 5.92 Å². The maximum absolute atomic E-state index is 12.6. The first kappa shape index (κ1) is 18.0. The van der Waals surface area contributed by atoms with Gasteiger partial charge in [-0.15, -0.1) is 0 Å². The highest BCUT2D eigenvalue weighted by Crippen LogP contribution is 2.26. The molecule has 1 aromatic rings. The standard InChI is InChI=1S/C17H26ClN3O2/c1-12(2)23-16-15(18)10-14(11-20-16)17(22)21-8-5-13(6-9-21)4-7-19-3/h10-13,19H,4-9H2,1-3H3. The first-order valence-corrected chi connectivity index (χ1v) is 8.65. The Balaban J connectivity index is 1.95. The van der Waals surface area contributed by atoms with E-state index in [1.165, 1.54) is 6.42 Å². The molecule has 5 nitrogen and oxygen atoms in total. The average molecular weight is 340 g/mol. The third kappa shape index (κ3) is 5.08. The Kier molecular flexibility index (Phi) is 6.66. The molecule has 0 spiro atoms. The third-order valence-electron chi connectivity index (χ3n) is 4.11. The second kappa shape index (κ2) is 8.50. The lowest BCUT2D eigenvalue weighted by Gasteiger charge is -2.32. The molecule has 1 amide bonds. The number of amides is 1. The van der Waals surface area contributed by atoms with Crippen LogP contribution < -0.4 is 10.1 Å². The summed E-state index contributed by atoms with van der Waals surface area (Å²) in [6.07, 6.45) is 4.84. The van der Waals surface area contributed by atoms with Gasteiger partial charge in [-0.2, -0.15) is 0 Å². The molecule has 1 fully saturated rings. The van der Waals surface area contributed by atoms with Crippen molar-refractivity contribution in [3.8, 4) is 5.88 Å². The summed E-state index contributed by atoms with van der Waals surface area (Å²) < 4.78 is 5.50. The van der Waals surface area contributed by atoms with Gasteiger partial charge in [-0.05, 0) is 58.7 Å². The Morgan fingerprint density at radius 3 is 2.74 bits per heavy atom. The molecule has 0 atom stereocenters. The molecule has 1 aromatic heterocycles. The molecule has 0 unspecified atom stereocenters. The van der Waals surface area contributed by atoms with Crippen LogP contribution in [-0.2, 0) is 0 Å². The largest absolute Gasteiger partial charge is 0.474 e. The summed E-state index contributed by atoms with van der Waals surface area (Å²) in [5, 5.41) is 3.57. The lowest BCUT2D eigenvalue weighted by atomic mass is 9.93. The Labute approximate surface area is 143 Å². The van der Waals surface area contributed by atoms with Gasteiger partial charge in [0.25, 0.3) is 5.91 Å². The highest BCUT2D eigenvalue weighted by atomic mass is 35.5. The molecular weight excluding hydrogens is 314 g/mol. The number of carbonyl (C=O) groups excluding carboxylic acids is 1. The third-order valence-corrected chi connectivity index (χ3v) is 4.38. The molecule has 128 valence electrons. The van der Waals surface area contributed by atoms with Crippen molar-refractivity contribution in [1.82, 2.24) is 15.2 Å². The number of ether oxygens (including phenoxy) is 1. The van der Waals surface area contributed by atoms with E-state index in [2.05, 4.69) is 10.3 Å². The van der Waals surface area contributed by atoms with Crippen LogP contribution in [0.3, 0.4) is 0 Å². The molecule has 6 heteroatoms. The molecule has 0 saturated carbocycles. The first-order chi connectivity index (χ1) is 11.0. The van der Waals surface area contributed by atoms with E-state index in [0.29, 0.717) is 22.4 Å². The highest BCUT2D eigenvalue weighted by Gasteiger charge is 2.24. The van der Waals surface area contributed by atoms with Crippen LogP contribution in [0.2, 0.25) is 5.02 Å². The zero-order valence-electron chi connectivity index (χ0n) is 14.1. The Bertz CT molecular complexity index is 529. The maximum atomic E-state index is 12.6. The molecular formula is C17H26ClN3O2. The SMILES string of the molecule is CNCCC1CCN(C(=O)c2cnc(OC(C)C)c(Cl)c2)CC1.